The number of halogens is 3. The molecular formula is C14H19Cl2FN4O. The summed E-state index contributed by atoms with van der Waals surface area (Å²) in [4.78, 5) is 16.4. The number of fused-ring (bicyclic) bond motifs is 1. The van der Waals surface area contributed by atoms with Gasteiger partial charge in [-0.05, 0) is 12.1 Å². The summed E-state index contributed by atoms with van der Waals surface area (Å²) in [6.45, 7) is 0.601. The van der Waals surface area contributed by atoms with Crippen molar-refractivity contribution in [3.63, 3.8) is 0 Å². The normalized spacial score (nSPS) is 20.3. The van der Waals surface area contributed by atoms with Crippen molar-refractivity contribution in [3.8, 4) is 0 Å². The van der Waals surface area contributed by atoms with Gasteiger partial charge in [0.05, 0.1) is 23.6 Å². The van der Waals surface area contributed by atoms with Gasteiger partial charge in [0.25, 0.3) is 0 Å². The van der Waals surface area contributed by atoms with Gasteiger partial charge in [0.1, 0.15) is 12.0 Å². The molecule has 1 fully saturated rings. The zero-order chi connectivity index (χ0) is 14.1. The second-order valence-corrected chi connectivity index (χ2v) is 5.09. The minimum atomic E-state index is -0.929. The molecule has 2 heterocycles. The fourth-order valence-electron chi connectivity index (χ4n) is 2.54. The average Bonchev–Trinajstić information content (AvgIpc) is 3.01. The van der Waals surface area contributed by atoms with E-state index in [4.69, 9.17) is 0 Å². The summed E-state index contributed by atoms with van der Waals surface area (Å²) in [5.41, 5.74) is 1.93. The molecule has 8 heteroatoms. The molecule has 2 atom stereocenters. The van der Waals surface area contributed by atoms with Crippen LogP contribution in [0.3, 0.4) is 0 Å². The summed E-state index contributed by atoms with van der Waals surface area (Å²) in [7, 11) is 1.92. The Morgan fingerprint density at radius 2 is 2.18 bits per heavy atom. The van der Waals surface area contributed by atoms with Crippen LogP contribution in [0.5, 0.6) is 0 Å². The van der Waals surface area contributed by atoms with Crippen LogP contribution in [0.25, 0.3) is 11.0 Å². The van der Waals surface area contributed by atoms with E-state index >= 15 is 0 Å². The molecule has 0 aliphatic carbocycles. The third kappa shape index (κ3) is 3.69. The van der Waals surface area contributed by atoms with Gasteiger partial charge in [0, 0.05) is 20.0 Å². The van der Waals surface area contributed by atoms with E-state index in [9.17, 15) is 9.18 Å². The van der Waals surface area contributed by atoms with E-state index in [0.29, 0.717) is 6.54 Å². The van der Waals surface area contributed by atoms with E-state index in [0.717, 1.165) is 16.9 Å². The zero-order valence-corrected chi connectivity index (χ0v) is 13.7. The van der Waals surface area contributed by atoms with E-state index < -0.39 is 12.2 Å². The van der Waals surface area contributed by atoms with Crippen LogP contribution in [0.1, 0.15) is 12.2 Å². The first kappa shape index (κ1) is 18.7. The Hall–Kier alpha value is -1.37. The number of amides is 1. The maximum Gasteiger partial charge on any atom is 0.237 e. The molecule has 0 radical (unpaired) electrons. The molecule has 3 rings (SSSR count). The Morgan fingerprint density at radius 3 is 2.82 bits per heavy atom. The molecule has 1 aliphatic heterocycles. The van der Waals surface area contributed by atoms with Gasteiger partial charge in [-0.3, -0.25) is 4.79 Å². The van der Waals surface area contributed by atoms with Crippen LogP contribution in [-0.4, -0.2) is 34.2 Å². The van der Waals surface area contributed by atoms with Gasteiger partial charge in [-0.25, -0.2) is 9.37 Å². The fraction of sp³-hybridized carbons (Fsp3) is 0.429. The Balaban J connectivity index is 0.00000121. The van der Waals surface area contributed by atoms with Crippen molar-refractivity contribution < 1.29 is 9.18 Å². The summed E-state index contributed by atoms with van der Waals surface area (Å²) < 4.78 is 15.0. The third-order valence-corrected chi connectivity index (χ3v) is 3.69. The largest absolute Gasteiger partial charge is 0.348 e. The van der Waals surface area contributed by atoms with Crippen molar-refractivity contribution in [2.45, 2.75) is 25.2 Å². The smallest absolute Gasteiger partial charge is 0.237 e. The van der Waals surface area contributed by atoms with Crippen molar-refractivity contribution in [2.24, 2.45) is 7.05 Å². The number of imidazole rings is 1. The predicted octanol–water partition coefficient (Wildman–Crippen LogP) is 1.73. The van der Waals surface area contributed by atoms with Crippen LogP contribution in [0.2, 0.25) is 0 Å². The molecule has 22 heavy (non-hydrogen) atoms. The van der Waals surface area contributed by atoms with Crippen molar-refractivity contribution in [1.82, 2.24) is 20.2 Å². The standard InChI is InChI=1S/C14H17FN4O.2ClH/c1-19-12-5-3-2-4-10(12)18-13(19)8-17-14(20)11-6-9(15)7-16-11;;/h2-5,9,11,16H,6-8H2,1H3,(H,17,20);2*1H/t9-,11+;;/m0../s1. The highest BCUT2D eigenvalue weighted by Crippen LogP contribution is 2.14. The summed E-state index contributed by atoms with van der Waals surface area (Å²) in [6.07, 6.45) is -0.685. The summed E-state index contributed by atoms with van der Waals surface area (Å²) in [5.74, 6) is 0.617. The number of para-hydroxylation sites is 2. The molecule has 0 spiro atoms. The first-order chi connectivity index (χ1) is 9.65. The van der Waals surface area contributed by atoms with Crippen molar-refractivity contribution >= 4 is 41.8 Å². The van der Waals surface area contributed by atoms with Crippen LogP contribution in [0.4, 0.5) is 4.39 Å². The third-order valence-electron chi connectivity index (χ3n) is 3.69. The average molecular weight is 349 g/mol. The number of carbonyl (C=O) groups is 1. The lowest BCUT2D eigenvalue weighted by molar-refractivity contribution is -0.123. The molecule has 1 aromatic carbocycles. The molecule has 1 amide bonds. The maximum absolute atomic E-state index is 13.0. The van der Waals surface area contributed by atoms with E-state index in [-0.39, 0.29) is 43.7 Å². The van der Waals surface area contributed by atoms with E-state index in [1.165, 1.54) is 0 Å². The molecule has 1 saturated heterocycles. The van der Waals surface area contributed by atoms with Crippen LogP contribution in [0, 0.1) is 0 Å². The SMILES string of the molecule is Cl.Cl.Cn1c(CNC(=O)[C@H]2C[C@H](F)CN2)nc2ccccc21. The van der Waals surface area contributed by atoms with E-state index in [1.807, 2.05) is 35.9 Å². The molecule has 0 bridgehead atoms. The highest BCUT2D eigenvalue weighted by molar-refractivity contribution is 5.85. The zero-order valence-electron chi connectivity index (χ0n) is 12.1. The molecule has 122 valence electrons. The summed E-state index contributed by atoms with van der Waals surface area (Å²) >= 11 is 0. The van der Waals surface area contributed by atoms with Gasteiger partial charge in [-0.15, -0.1) is 24.8 Å². The number of carbonyl (C=O) groups excluding carboxylic acids is 1. The van der Waals surface area contributed by atoms with Gasteiger partial charge in [-0.1, -0.05) is 12.1 Å². The molecule has 5 nitrogen and oxygen atoms in total. The number of alkyl halides is 1. The fourth-order valence-corrected chi connectivity index (χ4v) is 2.54. The summed E-state index contributed by atoms with van der Waals surface area (Å²) in [6, 6.07) is 7.38. The topological polar surface area (TPSA) is 59.0 Å². The summed E-state index contributed by atoms with van der Waals surface area (Å²) in [5, 5.41) is 5.68. The quantitative estimate of drug-likeness (QED) is 0.887. The van der Waals surface area contributed by atoms with Gasteiger partial charge >= 0.3 is 0 Å². The molecule has 1 aliphatic rings. The number of benzene rings is 1. The molecule has 0 unspecified atom stereocenters. The number of nitrogens with one attached hydrogen (secondary N) is 2. The number of rotatable bonds is 3. The van der Waals surface area contributed by atoms with E-state index in [1.54, 1.807) is 0 Å². The lowest BCUT2D eigenvalue weighted by Crippen LogP contribution is -2.40. The van der Waals surface area contributed by atoms with Gasteiger partial charge in [0.2, 0.25) is 5.91 Å². The second kappa shape index (κ2) is 7.76. The van der Waals surface area contributed by atoms with Crippen LogP contribution in [0.15, 0.2) is 24.3 Å². The highest BCUT2D eigenvalue weighted by atomic mass is 35.5. The Morgan fingerprint density at radius 1 is 1.45 bits per heavy atom. The minimum Gasteiger partial charge on any atom is -0.348 e. The van der Waals surface area contributed by atoms with Crippen molar-refractivity contribution in [2.75, 3.05) is 6.54 Å². The lowest BCUT2D eigenvalue weighted by Gasteiger charge is -2.10. The minimum absolute atomic E-state index is 0. The first-order valence-corrected chi connectivity index (χ1v) is 6.70. The van der Waals surface area contributed by atoms with Crippen molar-refractivity contribution in [1.29, 1.82) is 0 Å². The molecular weight excluding hydrogens is 330 g/mol. The first-order valence-electron chi connectivity index (χ1n) is 6.70. The van der Waals surface area contributed by atoms with Crippen molar-refractivity contribution in [3.05, 3.63) is 30.1 Å². The van der Waals surface area contributed by atoms with Crippen LogP contribution >= 0.6 is 24.8 Å². The number of hydrogen-bond donors (Lipinski definition) is 2. The van der Waals surface area contributed by atoms with Crippen LogP contribution < -0.4 is 10.6 Å². The molecule has 2 aromatic rings. The maximum atomic E-state index is 13.0. The molecule has 1 aromatic heterocycles. The molecule has 2 N–H and O–H groups in total. The Kier molecular flexibility index (Phi) is 6.59. The highest BCUT2D eigenvalue weighted by Gasteiger charge is 2.29. The van der Waals surface area contributed by atoms with Crippen LogP contribution in [-0.2, 0) is 18.4 Å². The van der Waals surface area contributed by atoms with Gasteiger partial charge in [0.15, 0.2) is 0 Å². The molecule has 0 saturated carbocycles. The predicted molar refractivity (Wildman–Crippen MR) is 88.4 cm³/mol. The number of aryl methyl sites for hydroxylation is 1. The number of aromatic nitrogens is 2. The number of hydrogen-bond acceptors (Lipinski definition) is 3. The monoisotopic (exact) mass is 348 g/mol. The number of nitrogens with zero attached hydrogens (tertiary/aromatic N) is 2. The second-order valence-electron chi connectivity index (χ2n) is 5.09. The van der Waals surface area contributed by atoms with Gasteiger partial charge < -0.3 is 15.2 Å². The lowest BCUT2D eigenvalue weighted by atomic mass is 10.2. The Labute approximate surface area is 140 Å². The Bertz CT molecular complexity index is 649. The van der Waals surface area contributed by atoms with E-state index in [2.05, 4.69) is 15.6 Å². The van der Waals surface area contributed by atoms with Gasteiger partial charge in [-0.2, -0.15) is 0 Å².